The molecule has 0 fully saturated rings. The van der Waals surface area contributed by atoms with Crippen LogP contribution in [0.4, 0.5) is 0 Å². The minimum atomic E-state index is -0.570. The Morgan fingerprint density at radius 2 is 1.92 bits per heavy atom. The molecule has 0 unspecified atom stereocenters. The standard InChI is InChI=1S/C20H20N2O4/c1-26-18-7-5-15(6-8-18)20(24)22-11-10-16-12-14(2-4-17(16)13-22)3-9-19(23)21-25/h2-9,12,25H,10-11,13H2,1H3,(H,21,23). The maximum Gasteiger partial charge on any atom is 0.267 e. The van der Waals surface area contributed by atoms with Gasteiger partial charge in [0.1, 0.15) is 5.75 Å². The molecule has 0 saturated heterocycles. The van der Waals surface area contributed by atoms with E-state index in [1.165, 1.54) is 6.08 Å². The Morgan fingerprint density at radius 1 is 1.15 bits per heavy atom. The lowest BCUT2D eigenvalue weighted by Gasteiger charge is -2.29. The molecule has 1 aliphatic heterocycles. The second kappa shape index (κ2) is 7.84. The highest BCUT2D eigenvalue weighted by atomic mass is 16.5. The third-order valence-electron chi connectivity index (χ3n) is 4.40. The minimum absolute atomic E-state index is 0.00175. The first-order valence-corrected chi connectivity index (χ1v) is 8.28. The van der Waals surface area contributed by atoms with Crippen molar-refractivity contribution in [2.75, 3.05) is 13.7 Å². The van der Waals surface area contributed by atoms with Crippen LogP contribution in [0.2, 0.25) is 0 Å². The lowest BCUT2D eigenvalue weighted by molar-refractivity contribution is -0.124. The number of carbonyl (C=O) groups excluding carboxylic acids is 2. The van der Waals surface area contributed by atoms with E-state index in [9.17, 15) is 9.59 Å². The number of methoxy groups -OCH3 is 1. The SMILES string of the molecule is COc1ccc(C(=O)N2CCc3cc(C=CC(=O)NO)ccc3C2)cc1. The molecule has 6 nitrogen and oxygen atoms in total. The molecule has 2 N–H and O–H groups in total. The summed E-state index contributed by atoms with van der Waals surface area (Å²) in [5.41, 5.74) is 5.34. The van der Waals surface area contributed by atoms with Crippen LogP contribution in [-0.4, -0.2) is 35.6 Å². The number of nitrogens with zero attached hydrogens (tertiary/aromatic N) is 1. The average Bonchev–Trinajstić information content (AvgIpc) is 2.70. The number of amides is 2. The molecular formula is C20H20N2O4. The van der Waals surface area contributed by atoms with Gasteiger partial charge in [-0.3, -0.25) is 14.8 Å². The normalized spacial score (nSPS) is 13.4. The van der Waals surface area contributed by atoms with Crippen molar-refractivity contribution in [3.05, 3.63) is 70.8 Å². The third kappa shape index (κ3) is 3.92. The highest BCUT2D eigenvalue weighted by Crippen LogP contribution is 2.23. The summed E-state index contributed by atoms with van der Waals surface area (Å²) in [6, 6.07) is 13.0. The number of hydroxylamine groups is 1. The quantitative estimate of drug-likeness (QED) is 0.503. The predicted molar refractivity (Wildman–Crippen MR) is 96.8 cm³/mol. The molecule has 0 bridgehead atoms. The second-order valence-electron chi connectivity index (χ2n) is 6.04. The maximum absolute atomic E-state index is 12.7. The molecular weight excluding hydrogens is 332 g/mol. The number of ether oxygens (including phenoxy) is 1. The van der Waals surface area contributed by atoms with Crippen molar-refractivity contribution in [3.63, 3.8) is 0 Å². The Labute approximate surface area is 151 Å². The minimum Gasteiger partial charge on any atom is -0.497 e. The van der Waals surface area contributed by atoms with Crippen LogP contribution in [0, 0.1) is 0 Å². The lowest BCUT2D eigenvalue weighted by atomic mass is 9.96. The fraction of sp³-hybridized carbons (Fsp3) is 0.200. The third-order valence-corrected chi connectivity index (χ3v) is 4.40. The van der Waals surface area contributed by atoms with Gasteiger partial charge in [0, 0.05) is 24.7 Å². The summed E-state index contributed by atoms with van der Waals surface area (Å²) in [6.07, 6.45) is 3.66. The van der Waals surface area contributed by atoms with Gasteiger partial charge in [0.25, 0.3) is 11.8 Å². The Morgan fingerprint density at radius 3 is 2.62 bits per heavy atom. The highest BCUT2D eigenvalue weighted by Gasteiger charge is 2.21. The smallest absolute Gasteiger partial charge is 0.267 e. The molecule has 0 spiro atoms. The molecule has 2 aromatic rings. The first-order valence-electron chi connectivity index (χ1n) is 8.28. The molecule has 0 aromatic heterocycles. The molecule has 2 aromatic carbocycles. The zero-order valence-corrected chi connectivity index (χ0v) is 14.4. The van der Waals surface area contributed by atoms with Gasteiger partial charge in [-0.25, -0.2) is 5.48 Å². The van der Waals surface area contributed by atoms with E-state index in [0.717, 1.165) is 28.9 Å². The number of hydrogen-bond donors (Lipinski definition) is 2. The molecule has 6 heteroatoms. The molecule has 3 rings (SSSR count). The van der Waals surface area contributed by atoms with Crippen molar-refractivity contribution >= 4 is 17.9 Å². The van der Waals surface area contributed by atoms with E-state index in [4.69, 9.17) is 9.94 Å². The number of nitrogens with one attached hydrogen (secondary N) is 1. The van der Waals surface area contributed by atoms with E-state index in [1.54, 1.807) is 42.9 Å². The van der Waals surface area contributed by atoms with Crippen LogP contribution < -0.4 is 10.2 Å². The molecule has 1 heterocycles. The molecule has 2 amide bonds. The van der Waals surface area contributed by atoms with E-state index in [2.05, 4.69) is 0 Å². The van der Waals surface area contributed by atoms with Crippen LogP contribution >= 0.6 is 0 Å². The van der Waals surface area contributed by atoms with Gasteiger partial charge in [0.15, 0.2) is 0 Å². The summed E-state index contributed by atoms with van der Waals surface area (Å²) >= 11 is 0. The number of hydrogen-bond acceptors (Lipinski definition) is 4. The summed E-state index contributed by atoms with van der Waals surface area (Å²) in [4.78, 5) is 25.6. The van der Waals surface area contributed by atoms with Crippen molar-refractivity contribution in [1.82, 2.24) is 10.4 Å². The second-order valence-corrected chi connectivity index (χ2v) is 6.04. The van der Waals surface area contributed by atoms with Crippen molar-refractivity contribution < 1.29 is 19.5 Å². The molecule has 0 saturated carbocycles. The summed E-state index contributed by atoms with van der Waals surface area (Å²) in [5, 5.41) is 8.51. The van der Waals surface area contributed by atoms with Gasteiger partial charge in [-0.05, 0) is 53.5 Å². The lowest BCUT2D eigenvalue weighted by Crippen LogP contribution is -2.35. The van der Waals surface area contributed by atoms with Gasteiger partial charge in [0.2, 0.25) is 0 Å². The number of benzene rings is 2. The predicted octanol–water partition coefficient (Wildman–Crippen LogP) is 2.41. The molecule has 134 valence electrons. The molecule has 0 atom stereocenters. The van der Waals surface area contributed by atoms with Crippen molar-refractivity contribution in [2.45, 2.75) is 13.0 Å². The van der Waals surface area contributed by atoms with Crippen molar-refractivity contribution in [3.8, 4) is 5.75 Å². The maximum atomic E-state index is 12.7. The summed E-state index contributed by atoms with van der Waals surface area (Å²) in [7, 11) is 1.60. The van der Waals surface area contributed by atoms with E-state index < -0.39 is 5.91 Å². The van der Waals surface area contributed by atoms with Gasteiger partial charge in [-0.2, -0.15) is 0 Å². The van der Waals surface area contributed by atoms with Crippen LogP contribution in [0.3, 0.4) is 0 Å². The van der Waals surface area contributed by atoms with Crippen LogP contribution in [0.15, 0.2) is 48.5 Å². The van der Waals surface area contributed by atoms with Gasteiger partial charge in [-0.1, -0.05) is 18.2 Å². The van der Waals surface area contributed by atoms with Gasteiger partial charge < -0.3 is 9.64 Å². The molecule has 0 aliphatic carbocycles. The summed E-state index contributed by atoms with van der Waals surface area (Å²) in [6.45, 7) is 1.20. The summed E-state index contributed by atoms with van der Waals surface area (Å²) < 4.78 is 5.12. The topological polar surface area (TPSA) is 78.9 Å². The van der Waals surface area contributed by atoms with Gasteiger partial charge in [-0.15, -0.1) is 0 Å². The Balaban J connectivity index is 1.72. The fourth-order valence-electron chi connectivity index (χ4n) is 2.98. The molecule has 1 aliphatic rings. The van der Waals surface area contributed by atoms with Crippen LogP contribution in [0.5, 0.6) is 5.75 Å². The average molecular weight is 352 g/mol. The first-order chi connectivity index (χ1) is 12.6. The van der Waals surface area contributed by atoms with Crippen molar-refractivity contribution in [2.24, 2.45) is 0 Å². The van der Waals surface area contributed by atoms with E-state index in [-0.39, 0.29) is 5.91 Å². The Bertz CT molecular complexity index is 843. The van der Waals surface area contributed by atoms with E-state index >= 15 is 0 Å². The van der Waals surface area contributed by atoms with Crippen LogP contribution in [-0.2, 0) is 17.8 Å². The first kappa shape index (κ1) is 17.7. The van der Waals surface area contributed by atoms with Crippen LogP contribution in [0.25, 0.3) is 6.08 Å². The largest absolute Gasteiger partial charge is 0.497 e. The number of rotatable bonds is 4. The number of carbonyl (C=O) groups is 2. The summed E-state index contributed by atoms with van der Waals surface area (Å²) in [5.74, 6) is 0.155. The fourth-order valence-corrected chi connectivity index (χ4v) is 2.98. The zero-order valence-electron chi connectivity index (χ0n) is 14.4. The monoisotopic (exact) mass is 352 g/mol. The zero-order chi connectivity index (χ0) is 18.5. The van der Waals surface area contributed by atoms with E-state index in [0.29, 0.717) is 18.7 Å². The molecule has 0 radical (unpaired) electrons. The number of fused-ring (bicyclic) bond motifs is 1. The van der Waals surface area contributed by atoms with Gasteiger partial charge in [0.05, 0.1) is 7.11 Å². The van der Waals surface area contributed by atoms with Crippen molar-refractivity contribution in [1.29, 1.82) is 0 Å². The Hall–Kier alpha value is -3.12. The van der Waals surface area contributed by atoms with Crippen LogP contribution in [0.1, 0.15) is 27.0 Å². The molecule has 26 heavy (non-hydrogen) atoms. The van der Waals surface area contributed by atoms with Gasteiger partial charge >= 0.3 is 0 Å². The van der Waals surface area contributed by atoms with E-state index in [1.807, 2.05) is 23.1 Å². The highest BCUT2D eigenvalue weighted by molar-refractivity contribution is 5.94. The Kier molecular flexibility index (Phi) is 5.34.